The molecule has 0 aromatic heterocycles. The van der Waals surface area contributed by atoms with E-state index in [1.54, 1.807) is 12.1 Å². The van der Waals surface area contributed by atoms with Crippen LogP contribution in [0.2, 0.25) is 5.02 Å². The molecule has 1 N–H and O–H groups in total. The second-order valence-electron chi connectivity index (χ2n) is 13.4. The van der Waals surface area contributed by atoms with Gasteiger partial charge >= 0.3 is 0 Å². The summed E-state index contributed by atoms with van der Waals surface area (Å²) in [4.78, 5) is 28.8. The topological polar surface area (TPSA) is 86.8 Å². The van der Waals surface area contributed by atoms with Crippen molar-refractivity contribution >= 4 is 39.1 Å². The maximum absolute atomic E-state index is 14.0. The van der Waals surface area contributed by atoms with Crippen LogP contribution in [0.3, 0.4) is 0 Å². The summed E-state index contributed by atoms with van der Waals surface area (Å²) in [7, 11) is -3.79. The van der Waals surface area contributed by atoms with Gasteiger partial charge in [-0.3, -0.25) is 13.9 Å². The second-order valence-corrected chi connectivity index (χ2v) is 15.7. The molecule has 2 aromatic carbocycles. The summed E-state index contributed by atoms with van der Waals surface area (Å²) in [5.74, 6) is 1.76. The zero-order valence-corrected chi connectivity index (χ0v) is 27.5. The highest BCUT2D eigenvalue weighted by molar-refractivity contribution is 7.92. The Hall–Kier alpha value is -2.58. The first-order chi connectivity index (χ1) is 20.4. The third kappa shape index (κ3) is 7.06. The summed E-state index contributed by atoms with van der Waals surface area (Å²) in [5, 5.41) is 3.57. The van der Waals surface area contributed by atoms with Crippen molar-refractivity contribution in [1.29, 1.82) is 0 Å². The zero-order valence-electron chi connectivity index (χ0n) is 25.9. The first-order valence-electron chi connectivity index (χ1n) is 15.8. The lowest BCUT2D eigenvalue weighted by Gasteiger charge is -2.57. The lowest BCUT2D eigenvalue weighted by atomic mass is 9.48. The molecule has 9 heteroatoms. The summed E-state index contributed by atoms with van der Waals surface area (Å²) >= 11 is 6.09. The van der Waals surface area contributed by atoms with E-state index in [-0.39, 0.29) is 23.9 Å². The molecular formula is C34H46ClN3O4S. The highest BCUT2D eigenvalue weighted by Crippen LogP contribution is 2.60. The van der Waals surface area contributed by atoms with Crippen LogP contribution in [0, 0.1) is 17.8 Å². The molecule has 234 valence electrons. The standard InChI is InChI=1S/C34H46ClN3O4S/c1-5-23(3)36-33(40)31(6-2)37(21-24-7-11-29(35)12-8-24)32(39)22-38(43(4,41)42)30-13-9-28(10-14-30)34-18-25-15-26(19-34)17-27(16-25)20-34/h7-14,23,25-27,31H,5-6,15-22H2,1-4H3,(H,36,40)/t23-,25?,26?,27?,31-,34?/m1/s1. The molecule has 2 amide bonds. The van der Waals surface area contributed by atoms with E-state index in [0.29, 0.717) is 17.1 Å². The summed E-state index contributed by atoms with van der Waals surface area (Å²) < 4.78 is 27.4. The van der Waals surface area contributed by atoms with Crippen molar-refractivity contribution in [2.75, 3.05) is 17.1 Å². The highest BCUT2D eigenvalue weighted by Gasteiger charge is 2.51. The predicted octanol–water partition coefficient (Wildman–Crippen LogP) is 6.30. The molecule has 4 fully saturated rings. The summed E-state index contributed by atoms with van der Waals surface area (Å²) in [5.41, 5.74) is 2.77. The van der Waals surface area contributed by atoms with E-state index in [9.17, 15) is 18.0 Å². The van der Waals surface area contributed by atoms with Crippen LogP contribution in [0.5, 0.6) is 0 Å². The smallest absolute Gasteiger partial charge is 0.244 e. The Balaban J connectivity index is 1.40. The molecule has 0 aliphatic heterocycles. The maximum atomic E-state index is 14.0. The molecule has 2 aromatic rings. The number of carbonyl (C=O) groups is 2. The zero-order chi connectivity index (χ0) is 30.9. The largest absolute Gasteiger partial charge is 0.352 e. The van der Waals surface area contributed by atoms with E-state index in [4.69, 9.17) is 11.6 Å². The number of nitrogens with one attached hydrogen (secondary N) is 1. The molecule has 43 heavy (non-hydrogen) atoms. The summed E-state index contributed by atoms with van der Waals surface area (Å²) in [6.45, 7) is 5.54. The molecule has 6 rings (SSSR count). The van der Waals surface area contributed by atoms with Gasteiger partial charge in [0.05, 0.1) is 11.9 Å². The minimum atomic E-state index is -3.79. The number of hydrogen-bond donors (Lipinski definition) is 1. The third-order valence-electron chi connectivity index (χ3n) is 10.1. The van der Waals surface area contributed by atoms with Crippen molar-refractivity contribution in [3.63, 3.8) is 0 Å². The SMILES string of the molecule is CC[C@@H](C)NC(=O)[C@@H](CC)N(Cc1ccc(Cl)cc1)C(=O)CN(c1ccc(C23CC4CC(CC(C4)C2)C3)cc1)S(C)(=O)=O. The monoisotopic (exact) mass is 627 g/mol. The van der Waals surface area contributed by atoms with Crippen LogP contribution in [0.15, 0.2) is 48.5 Å². The molecular weight excluding hydrogens is 582 g/mol. The fraction of sp³-hybridized carbons (Fsp3) is 0.588. The van der Waals surface area contributed by atoms with Gasteiger partial charge in [0.25, 0.3) is 0 Å². The minimum absolute atomic E-state index is 0.0472. The van der Waals surface area contributed by atoms with E-state index in [2.05, 4.69) is 17.4 Å². The van der Waals surface area contributed by atoms with Crippen LogP contribution >= 0.6 is 11.6 Å². The van der Waals surface area contributed by atoms with Crippen molar-refractivity contribution in [3.05, 3.63) is 64.7 Å². The van der Waals surface area contributed by atoms with Crippen LogP contribution in [-0.2, 0) is 31.6 Å². The van der Waals surface area contributed by atoms with Crippen molar-refractivity contribution in [1.82, 2.24) is 10.2 Å². The highest BCUT2D eigenvalue weighted by atomic mass is 35.5. The molecule has 0 saturated heterocycles. The molecule has 0 unspecified atom stereocenters. The maximum Gasteiger partial charge on any atom is 0.244 e. The molecule has 7 nitrogen and oxygen atoms in total. The van der Waals surface area contributed by atoms with Crippen molar-refractivity contribution in [3.8, 4) is 0 Å². The number of amides is 2. The number of benzene rings is 2. The Bertz CT molecular complexity index is 1370. The van der Waals surface area contributed by atoms with Crippen LogP contribution in [0.4, 0.5) is 5.69 Å². The predicted molar refractivity (Wildman–Crippen MR) is 172 cm³/mol. The molecule has 2 atom stereocenters. The molecule has 0 spiro atoms. The minimum Gasteiger partial charge on any atom is -0.352 e. The molecule has 4 aliphatic rings. The van der Waals surface area contributed by atoms with E-state index >= 15 is 0 Å². The quantitative estimate of drug-likeness (QED) is 0.299. The first kappa shape index (κ1) is 31.8. The number of anilines is 1. The van der Waals surface area contributed by atoms with Gasteiger partial charge < -0.3 is 10.2 Å². The number of nitrogens with zero attached hydrogens (tertiary/aromatic N) is 2. The summed E-state index contributed by atoms with van der Waals surface area (Å²) in [6, 6.07) is 14.2. The fourth-order valence-corrected chi connectivity index (χ4v) is 9.18. The van der Waals surface area contributed by atoms with Crippen molar-refractivity contribution in [2.45, 2.75) is 96.2 Å². The van der Waals surface area contributed by atoms with Gasteiger partial charge in [-0.25, -0.2) is 8.42 Å². The van der Waals surface area contributed by atoms with E-state index in [1.165, 1.54) is 53.3 Å². The average Bonchev–Trinajstić information content (AvgIpc) is 2.95. The fourth-order valence-electron chi connectivity index (χ4n) is 8.21. The Kier molecular flexibility index (Phi) is 9.48. The molecule has 4 saturated carbocycles. The van der Waals surface area contributed by atoms with Gasteiger partial charge in [-0.1, -0.05) is 49.7 Å². The Morgan fingerprint density at radius 3 is 1.98 bits per heavy atom. The Morgan fingerprint density at radius 2 is 1.49 bits per heavy atom. The lowest BCUT2D eigenvalue weighted by molar-refractivity contribution is -0.140. The summed E-state index contributed by atoms with van der Waals surface area (Å²) in [6.07, 6.45) is 10.0. The molecule has 4 bridgehead atoms. The number of carbonyl (C=O) groups excluding carboxylic acids is 2. The molecule has 0 radical (unpaired) electrons. The van der Waals surface area contributed by atoms with E-state index in [1.807, 2.05) is 45.0 Å². The van der Waals surface area contributed by atoms with Gasteiger partial charge in [0, 0.05) is 17.6 Å². The normalized spacial score (nSPS) is 25.7. The van der Waals surface area contributed by atoms with E-state index < -0.39 is 28.5 Å². The second kappa shape index (κ2) is 12.8. The molecule has 0 heterocycles. The number of hydrogen-bond acceptors (Lipinski definition) is 4. The van der Waals surface area contributed by atoms with Crippen LogP contribution in [0.1, 0.15) is 83.3 Å². The molecule has 4 aliphatic carbocycles. The van der Waals surface area contributed by atoms with Crippen molar-refractivity contribution < 1.29 is 18.0 Å². The lowest BCUT2D eigenvalue weighted by Crippen LogP contribution is -2.53. The van der Waals surface area contributed by atoms with Crippen LogP contribution in [-0.4, -0.2) is 50.0 Å². The van der Waals surface area contributed by atoms with Gasteiger partial charge in [-0.15, -0.1) is 0 Å². The Morgan fingerprint density at radius 1 is 0.930 bits per heavy atom. The third-order valence-corrected chi connectivity index (χ3v) is 11.5. The first-order valence-corrected chi connectivity index (χ1v) is 18.1. The average molecular weight is 628 g/mol. The number of halogens is 1. The van der Waals surface area contributed by atoms with Gasteiger partial charge in [-0.2, -0.15) is 0 Å². The van der Waals surface area contributed by atoms with Gasteiger partial charge in [-0.05, 0) is 117 Å². The Labute approximate surface area is 262 Å². The van der Waals surface area contributed by atoms with Crippen LogP contribution < -0.4 is 9.62 Å². The number of sulfonamides is 1. The van der Waals surface area contributed by atoms with Gasteiger partial charge in [0.1, 0.15) is 12.6 Å². The van der Waals surface area contributed by atoms with Gasteiger partial charge in [0.15, 0.2) is 0 Å². The van der Waals surface area contributed by atoms with E-state index in [0.717, 1.165) is 36.0 Å². The van der Waals surface area contributed by atoms with Crippen LogP contribution in [0.25, 0.3) is 0 Å². The number of rotatable bonds is 12. The van der Waals surface area contributed by atoms with Gasteiger partial charge in [0.2, 0.25) is 21.8 Å². The van der Waals surface area contributed by atoms with Crippen molar-refractivity contribution in [2.24, 2.45) is 17.8 Å².